The molecule has 1 saturated carbocycles. The van der Waals surface area contributed by atoms with Gasteiger partial charge >= 0.3 is 0 Å². The summed E-state index contributed by atoms with van der Waals surface area (Å²) >= 11 is 4.09. The van der Waals surface area contributed by atoms with Crippen molar-refractivity contribution in [3.05, 3.63) is 33.8 Å². The van der Waals surface area contributed by atoms with Gasteiger partial charge in [0.2, 0.25) is 0 Å². The summed E-state index contributed by atoms with van der Waals surface area (Å²) in [5.74, 6) is -3.05. The predicted octanol–water partition coefficient (Wildman–Crippen LogP) is 2.54. The summed E-state index contributed by atoms with van der Waals surface area (Å²) in [6, 6.07) is 2.86. The summed E-state index contributed by atoms with van der Waals surface area (Å²) in [4.78, 5) is 37.2. The monoisotopic (exact) mass is 441 g/mol. The summed E-state index contributed by atoms with van der Waals surface area (Å²) in [7, 11) is 0. The summed E-state index contributed by atoms with van der Waals surface area (Å²) in [6.45, 7) is 1.01. The van der Waals surface area contributed by atoms with Crippen molar-refractivity contribution < 1.29 is 32.6 Å². The fourth-order valence-electron chi connectivity index (χ4n) is 3.69. The molecular formula is C20H22ClO7S-. The largest absolute Gasteiger partial charge is 0.772 e. The standard InChI is InChI=1S/C20H23ClO7S/c21-19-14(20(24)18-16(22)4-1-5-17(18)23)7-6-12(11-29(25)26)15(19)10-27-9-13-3-2-8-28-13/h6-7,13,18H,1-5,8-11H2,(H,25,26)/p-1. The van der Waals surface area contributed by atoms with E-state index in [1.165, 1.54) is 12.1 Å². The van der Waals surface area contributed by atoms with Crippen molar-refractivity contribution >= 4 is 40.0 Å². The molecule has 0 bridgehead atoms. The van der Waals surface area contributed by atoms with Gasteiger partial charge < -0.3 is 14.0 Å². The summed E-state index contributed by atoms with van der Waals surface area (Å²) in [5.41, 5.74) is 0.820. The molecule has 3 rings (SSSR count). The molecule has 0 radical (unpaired) electrons. The van der Waals surface area contributed by atoms with Crippen LogP contribution in [0.2, 0.25) is 5.02 Å². The Morgan fingerprint density at radius 2 is 1.97 bits per heavy atom. The van der Waals surface area contributed by atoms with Crippen LogP contribution in [-0.2, 0) is 42.5 Å². The van der Waals surface area contributed by atoms with Gasteiger partial charge in [0.1, 0.15) is 5.92 Å². The van der Waals surface area contributed by atoms with Gasteiger partial charge in [-0.25, -0.2) is 0 Å². The van der Waals surface area contributed by atoms with E-state index < -0.39 is 34.3 Å². The van der Waals surface area contributed by atoms with Gasteiger partial charge in [0.15, 0.2) is 17.3 Å². The van der Waals surface area contributed by atoms with Crippen LogP contribution in [0.15, 0.2) is 12.1 Å². The zero-order valence-corrected chi connectivity index (χ0v) is 17.4. The number of Topliss-reactive ketones (excluding diaryl/α,β-unsaturated/α-hetero) is 3. The number of ketones is 3. The highest BCUT2D eigenvalue weighted by Crippen LogP contribution is 2.31. The molecular weight excluding hydrogens is 420 g/mol. The van der Waals surface area contributed by atoms with E-state index in [0.29, 0.717) is 30.8 Å². The van der Waals surface area contributed by atoms with Gasteiger partial charge in [0.25, 0.3) is 0 Å². The Hall–Kier alpha value is -1.45. The fourth-order valence-corrected chi connectivity index (χ4v) is 4.55. The van der Waals surface area contributed by atoms with Gasteiger partial charge in [-0.2, -0.15) is 0 Å². The Kier molecular flexibility index (Phi) is 7.70. The first-order valence-electron chi connectivity index (χ1n) is 9.53. The molecule has 2 unspecified atom stereocenters. The maximum atomic E-state index is 12.9. The molecule has 2 atom stereocenters. The van der Waals surface area contributed by atoms with Gasteiger partial charge in [0, 0.05) is 36.3 Å². The number of ether oxygens (including phenoxy) is 2. The lowest BCUT2D eigenvalue weighted by molar-refractivity contribution is -0.133. The average molecular weight is 442 g/mol. The van der Waals surface area contributed by atoms with Gasteiger partial charge in [-0.15, -0.1) is 0 Å². The highest BCUT2D eigenvalue weighted by atomic mass is 35.5. The quantitative estimate of drug-likeness (QED) is 0.346. The molecule has 0 N–H and O–H groups in total. The van der Waals surface area contributed by atoms with Crippen molar-refractivity contribution in [1.82, 2.24) is 0 Å². The number of hydrogen-bond donors (Lipinski definition) is 0. The SMILES string of the molecule is O=C1CCCC(=O)C1C(=O)c1ccc(CS(=O)[O-])c(COCC2CCCO2)c1Cl. The minimum atomic E-state index is -2.36. The summed E-state index contributed by atoms with van der Waals surface area (Å²) < 4.78 is 33.6. The van der Waals surface area contributed by atoms with Crippen molar-refractivity contribution in [1.29, 1.82) is 0 Å². The molecule has 158 valence electrons. The normalized spacial score (nSPS) is 21.5. The van der Waals surface area contributed by atoms with Crippen molar-refractivity contribution in [3.8, 4) is 0 Å². The smallest absolute Gasteiger partial charge is 0.182 e. The molecule has 0 spiro atoms. The zero-order valence-electron chi connectivity index (χ0n) is 15.8. The molecule has 1 aromatic rings. The van der Waals surface area contributed by atoms with E-state index in [1.807, 2.05) is 0 Å². The van der Waals surface area contributed by atoms with Crippen LogP contribution in [0.1, 0.15) is 53.6 Å². The summed E-state index contributed by atoms with van der Waals surface area (Å²) in [6.07, 6.45) is 2.65. The van der Waals surface area contributed by atoms with Crippen molar-refractivity contribution in [2.24, 2.45) is 5.92 Å². The van der Waals surface area contributed by atoms with Crippen LogP contribution in [0, 0.1) is 5.92 Å². The number of halogens is 1. The van der Waals surface area contributed by atoms with Crippen molar-refractivity contribution in [2.75, 3.05) is 13.2 Å². The Morgan fingerprint density at radius 3 is 2.59 bits per heavy atom. The third-order valence-electron chi connectivity index (χ3n) is 5.21. The lowest BCUT2D eigenvalue weighted by atomic mass is 9.81. The van der Waals surface area contributed by atoms with Crippen LogP contribution >= 0.6 is 11.6 Å². The maximum absolute atomic E-state index is 12.9. The zero-order chi connectivity index (χ0) is 21.0. The Labute approximate surface area is 176 Å². The first kappa shape index (κ1) is 22.2. The molecule has 9 heteroatoms. The molecule has 0 amide bonds. The van der Waals surface area contributed by atoms with E-state index in [-0.39, 0.29) is 41.9 Å². The second kappa shape index (κ2) is 10.0. The molecule has 1 aliphatic heterocycles. The third-order valence-corrected chi connectivity index (χ3v) is 6.18. The van der Waals surface area contributed by atoms with Crippen LogP contribution in [0.25, 0.3) is 0 Å². The molecule has 7 nitrogen and oxygen atoms in total. The van der Waals surface area contributed by atoms with E-state index in [1.54, 1.807) is 0 Å². The highest BCUT2D eigenvalue weighted by molar-refractivity contribution is 7.78. The first-order valence-corrected chi connectivity index (χ1v) is 11.2. The van der Waals surface area contributed by atoms with Crippen LogP contribution in [0.4, 0.5) is 0 Å². The Morgan fingerprint density at radius 1 is 1.24 bits per heavy atom. The topological polar surface area (TPSA) is 110 Å². The molecule has 1 saturated heterocycles. The van der Waals surface area contributed by atoms with E-state index in [9.17, 15) is 23.1 Å². The van der Waals surface area contributed by atoms with Gasteiger partial charge in [0.05, 0.1) is 24.3 Å². The predicted molar refractivity (Wildman–Crippen MR) is 104 cm³/mol. The third kappa shape index (κ3) is 5.38. The van der Waals surface area contributed by atoms with Crippen LogP contribution in [0.3, 0.4) is 0 Å². The fraction of sp³-hybridized carbons (Fsp3) is 0.550. The van der Waals surface area contributed by atoms with E-state index >= 15 is 0 Å². The number of carbonyl (C=O) groups is 3. The average Bonchev–Trinajstić information content (AvgIpc) is 3.17. The second-order valence-corrected chi connectivity index (χ2v) is 8.52. The van der Waals surface area contributed by atoms with Gasteiger partial charge in [-0.1, -0.05) is 28.7 Å². The van der Waals surface area contributed by atoms with E-state index in [4.69, 9.17) is 21.1 Å². The summed E-state index contributed by atoms with van der Waals surface area (Å²) in [5, 5.41) is 0.0245. The van der Waals surface area contributed by atoms with Crippen LogP contribution in [0.5, 0.6) is 0 Å². The molecule has 1 aliphatic carbocycles. The number of rotatable bonds is 8. The molecule has 1 heterocycles. The number of hydrogen-bond acceptors (Lipinski definition) is 7. The number of benzene rings is 1. The molecule has 2 aliphatic rings. The van der Waals surface area contributed by atoms with Crippen molar-refractivity contribution in [2.45, 2.75) is 50.6 Å². The van der Waals surface area contributed by atoms with E-state index in [2.05, 4.69) is 0 Å². The molecule has 1 aromatic carbocycles. The molecule has 2 fully saturated rings. The minimum absolute atomic E-state index is 0.00109. The Balaban J connectivity index is 1.85. The van der Waals surface area contributed by atoms with Crippen LogP contribution in [-0.4, -0.2) is 45.4 Å². The van der Waals surface area contributed by atoms with Gasteiger partial charge in [-0.3, -0.25) is 18.6 Å². The second-order valence-electron chi connectivity index (χ2n) is 7.25. The molecule has 29 heavy (non-hydrogen) atoms. The van der Waals surface area contributed by atoms with Gasteiger partial charge in [-0.05, 0) is 30.9 Å². The van der Waals surface area contributed by atoms with Crippen LogP contribution < -0.4 is 0 Å². The highest BCUT2D eigenvalue weighted by Gasteiger charge is 2.37. The molecule has 0 aromatic heterocycles. The lowest BCUT2D eigenvalue weighted by Crippen LogP contribution is -2.35. The number of carbonyl (C=O) groups excluding carboxylic acids is 3. The van der Waals surface area contributed by atoms with Crippen molar-refractivity contribution in [3.63, 3.8) is 0 Å². The lowest BCUT2D eigenvalue weighted by Gasteiger charge is -2.21. The Bertz CT molecular complexity index is 816. The van der Waals surface area contributed by atoms with E-state index in [0.717, 1.165) is 12.8 Å². The first-order chi connectivity index (χ1) is 13.9. The maximum Gasteiger partial charge on any atom is 0.182 e. The minimum Gasteiger partial charge on any atom is -0.772 e.